The summed E-state index contributed by atoms with van der Waals surface area (Å²) < 4.78 is 2.18. The van der Waals surface area contributed by atoms with Crippen molar-refractivity contribution in [3.05, 3.63) is 47.0 Å². The fourth-order valence-electron chi connectivity index (χ4n) is 4.77. The summed E-state index contributed by atoms with van der Waals surface area (Å²) in [5.74, 6) is 0.732. The van der Waals surface area contributed by atoms with E-state index in [4.69, 9.17) is 5.10 Å². The fourth-order valence-corrected chi connectivity index (χ4v) is 4.77. The van der Waals surface area contributed by atoms with Gasteiger partial charge >= 0.3 is 0 Å². The topological polar surface area (TPSA) is 63.1 Å². The van der Waals surface area contributed by atoms with Crippen LogP contribution in [0.15, 0.2) is 24.5 Å². The Hall–Kier alpha value is -2.21. The average Bonchev–Trinajstić information content (AvgIpc) is 3.10. The third-order valence-corrected chi connectivity index (χ3v) is 6.46. The quantitative estimate of drug-likeness (QED) is 0.816. The first-order valence-electron chi connectivity index (χ1n) is 11.0. The summed E-state index contributed by atoms with van der Waals surface area (Å²) in [6, 6.07) is 4.46. The van der Waals surface area contributed by atoms with Crippen molar-refractivity contribution in [1.29, 1.82) is 0 Å². The van der Waals surface area contributed by atoms with Gasteiger partial charge in [-0.25, -0.2) is 0 Å². The van der Waals surface area contributed by atoms with Crippen LogP contribution in [-0.2, 0) is 25.9 Å². The first-order valence-corrected chi connectivity index (χ1v) is 11.0. The van der Waals surface area contributed by atoms with Crippen molar-refractivity contribution >= 4 is 5.91 Å². The van der Waals surface area contributed by atoms with Gasteiger partial charge in [0.15, 0.2) is 5.69 Å². The highest BCUT2D eigenvalue weighted by molar-refractivity contribution is 5.93. The predicted octanol–water partition coefficient (Wildman–Crippen LogP) is 3.21. The van der Waals surface area contributed by atoms with Crippen molar-refractivity contribution in [2.75, 3.05) is 14.1 Å². The Balaban J connectivity index is 1.51. The second kappa shape index (κ2) is 9.08. The largest absolute Gasteiger partial charge is 0.343 e. The van der Waals surface area contributed by atoms with Crippen LogP contribution in [0.3, 0.4) is 0 Å². The molecule has 0 bridgehead atoms. The lowest BCUT2D eigenvalue weighted by Crippen LogP contribution is -2.35. The molecule has 2 aromatic heterocycles. The Labute approximate surface area is 173 Å². The monoisotopic (exact) mass is 395 g/mol. The lowest BCUT2D eigenvalue weighted by atomic mass is 9.88. The summed E-state index contributed by atoms with van der Waals surface area (Å²) in [5.41, 5.74) is 4.36. The van der Waals surface area contributed by atoms with Crippen molar-refractivity contribution in [3.8, 4) is 0 Å². The average molecular weight is 396 g/mol. The van der Waals surface area contributed by atoms with E-state index in [2.05, 4.69) is 15.0 Å². The van der Waals surface area contributed by atoms with Gasteiger partial charge in [-0.1, -0.05) is 19.3 Å². The zero-order valence-electron chi connectivity index (χ0n) is 17.7. The van der Waals surface area contributed by atoms with Crippen LogP contribution in [0.1, 0.15) is 65.8 Å². The second-order valence-corrected chi connectivity index (χ2v) is 8.84. The maximum Gasteiger partial charge on any atom is 0.274 e. The first kappa shape index (κ1) is 20.1. The van der Waals surface area contributed by atoms with Gasteiger partial charge in [0.1, 0.15) is 0 Å². The van der Waals surface area contributed by atoms with Gasteiger partial charge in [0.25, 0.3) is 5.91 Å². The molecule has 1 saturated carbocycles. The van der Waals surface area contributed by atoms with Crippen molar-refractivity contribution in [2.45, 2.75) is 70.5 Å². The number of aromatic nitrogens is 3. The number of hydrogen-bond acceptors (Lipinski definition) is 4. The van der Waals surface area contributed by atoms with E-state index in [0.29, 0.717) is 17.7 Å². The molecule has 0 aliphatic heterocycles. The molecule has 4 rings (SSSR count). The van der Waals surface area contributed by atoms with E-state index in [1.165, 1.54) is 43.4 Å². The first-order chi connectivity index (χ1) is 14.1. The molecule has 0 spiro atoms. The zero-order chi connectivity index (χ0) is 20.2. The highest BCUT2D eigenvalue weighted by atomic mass is 16.2. The molecule has 6 nitrogen and oxygen atoms in total. The Bertz CT molecular complexity index is 823. The second-order valence-electron chi connectivity index (χ2n) is 8.84. The number of amides is 1. The molecule has 1 amide bonds. The minimum Gasteiger partial charge on any atom is -0.343 e. The highest BCUT2D eigenvalue weighted by Crippen LogP contribution is 2.30. The Kier molecular flexibility index (Phi) is 6.28. The lowest BCUT2D eigenvalue weighted by Gasteiger charge is -2.26. The maximum absolute atomic E-state index is 12.8. The number of nitrogens with zero attached hydrogens (tertiary/aromatic N) is 4. The lowest BCUT2D eigenvalue weighted by molar-refractivity contribution is 0.0819. The van der Waals surface area contributed by atoms with Gasteiger partial charge in [-0.3, -0.25) is 14.5 Å². The number of pyridine rings is 1. The molecule has 0 aromatic carbocycles. The Morgan fingerprint density at radius 1 is 1.17 bits per heavy atom. The van der Waals surface area contributed by atoms with Crippen molar-refractivity contribution in [3.63, 3.8) is 0 Å². The van der Waals surface area contributed by atoms with Crippen LogP contribution in [0.2, 0.25) is 0 Å². The molecule has 0 radical (unpaired) electrons. The zero-order valence-corrected chi connectivity index (χ0v) is 17.7. The van der Waals surface area contributed by atoms with Crippen LogP contribution < -0.4 is 5.32 Å². The van der Waals surface area contributed by atoms with Crippen LogP contribution >= 0.6 is 0 Å². The van der Waals surface area contributed by atoms with Crippen molar-refractivity contribution in [2.24, 2.45) is 5.92 Å². The van der Waals surface area contributed by atoms with Crippen LogP contribution in [0.5, 0.6) is 0 Å². The minimum absolute atomic E-state index is 0.0263. The molecule has 2 aromatic rings. The van der Waals surface area contributed by atoms with Gasteiger partial charge in [0.05, 0.1) is 0 Å². The Morgan fingerprint density at radius 3 is 2.66 bits per heavy atom. The summed E-state index contributed by atoms with van der Waals surface area (Å²) in [5, 5.41) is 8.52. The predicted molar refractivity (Wildman–Crippen MR) is 114 cm³/mol. The summed E-state index contributed by atoms with van der Waals surface area (Å²) in [6.07, 6.45) is 13.2. The molecule has 2 aliphatic rings. The number of carbonyl (C=O) groups is 1. The van der Waals surface area contributed by atoms with E-state index in [9.17, 15) is 4.79 Å². The molecular weight excluding hydrogens is 362 g/mol. The smallest absolute Gasteiger partial charge is 0.274 e. The van der Waals surface area contributed by atoms with Crippen LogP contribution in [0.25, 0.3) is 0 Å². The molecular formula is C23H33N5O. The van der Waals surface area contributed by atoms with Crippen LogP contribution in [0.4, 0.5) is 0 Å². The normalized spacial score (nSPS) is 19.7. The van der Waals surface area contributed by atoms with E-state index in [1.54, 1.807) is 4.90 Å². The van der Waals surface area contributed by atoms with Crippen molar-refractivity contribution < 1.29 is 4.79 Å². The summed E-state index contributed by atoms with van der Waals surface area (Å²) in [6.45, 7) is 1.80. The number of nitrogens with one attached hydrogen (secondary N) is 1. The third kappa shape index (κ3) is 4.69. The van der Waals surface area contributed by atoms with E-state index >= 15 is 0 Å². The van der Waals surface area contributed by atoms with Gasteiger partial charge in [0.2, 0.25) is 0 Å². The summed E-state index contributed by atoms with van der Waals surface area (Å²) >= 11 is 0. The number of fused-ring (bicyclic) bond motifs is 1. The summed E-state index contributed by atoms with van der Waals surface area (Å²) in [4.78, 5) is 18.6. The van der Waals surface area contributed by atoms with Gasteiger partial charge < -0.3 is 10.2 Å². The standard InChI is InChI=1S/C23H33N5O/c1-27(2)23(29)22-20-14-19(25-15-17-10-12-24-13-11-17)8-9-21(20)28(26-22)16-18-6-4-3-5-7-18/h10-13,18-19,25H,3-9,14-16H2,1-2H3/t19-/m0/s1. The van der Waals surface area contributed by atoms with E-state index < -0.39 is 0 Å². The molecule has 29 heavy (non-hydrogen) atoms. The summed E-state index contributed by atoms with van der Waals surface area (Å²) in [7, 11) is 3.63. The Morgan fingerprint density at radius 2 is 1.93 bits per heavy atom. The molecule has 156 valence electrons. The van der Waals surface area contributed by atoms with Gasteiger partial charge in [-0.2, -0.15) is 5.10 Å². The molecule has 2 aliphatic carbocycles. The highest BCUT2D eigenvalue weighted by Gasteiger charge is 2.30. The molecule has 0 saturated heterocycles. The SMILES string of the molecule is CN(C)C(=O)c1nn(CC2CCCCC2)c2c1C[C@@H](NCc1ccncc1)CC2. The molecule has 1 fully saturated rings. The number of carbonyl (C=O) groups excluding carboxylic acids is 1. The van der Waals surface area contributed by atoms with E-state index in [-0.39, 0.29) is 5.91 Å². The number of rotatable bonds is 6. The van der Waals surface area contributed by atoms with Crippen LogP contribution in [0, 0.1) is 5.92 Å². The molecule has 0 unspecified atom stereocenters. The molecule has 1 N–H and O–H groups in total. The maximum atomic E-state index is 12.8. The number of hydrogen-bond donors (Lipinski definition) is 1. The molecule has 1 atom stereocenters. The van der Waals surface area contributed by atoms with Crippen molar-refractivity contribution in [1.82, 2.24) is 25.0 Å². The van der Waals surface area contributed by atoms with Gasteiger partial charge in [-0.15, -0.1) is 0 Å². The fraction of sp³-hybridized carbons (Fsp3) is 0.609. The van der Waals surface area contributed by atoms with E-state index in [0.717, 1.165) is 37.9 Å². The van der Waals surface area contributed by atoms with Gasteiger partial charge in [0, 0.05) is 56.9 Å². The van der Waals surface area contributed by atoms with Crippen LogP contribution in [-0.4, -0.2) is 45.7 Å². The minimum atomic E-state index is 0.0263. The molecule has 2 heterocycles. The van der Waals surface area contributed by atoms with E-state index in [1.807, 2.05) is 38.6 Å². The van der Waals surface area contributed by atoms with Gasteiger partial charge in [-0.05, 0) is 55.7 Å². The third-order valence-electron chi connectivity index (χ3n) is 6.46. The molecule has 6 heteroatoms.